The van der Waals surface area contributed by atoms with Crippen molar-refractivity contribution in [1.82, 2.24) is 4.98 Å². The van der Waals surface area contributed by atoms with E-state index in [1.807, 2.05) is 58.0 Å². The van der Waals surface area contributed by atoms with Gasteiger partial charge in [-0.1, -0.05) is 49.4 Å². The van der Waals surface area contributed by atoms with Crippen LogP contribution in [-0.2, 0) is 84.8 Å². The van der Waals surface area contributed by atoms with E-state index >= 15 is 0 Å². The largest absolute Gasteiger partial charge is 0.495 e. The Morgan fingerprint density at radius 2 is 0.826 bits per heavy atom. The number of sulfone groups is 5. The van der Waals surface area contributed by atoms with Crippen molar-refractivity contribution in [2.24, 2.45) is 0 Å². The molecule has 0 unspecified atom stereocenters. The Labute approximate surface area is 708 Å². The molecule has 0 aliphatic heterocycles. The van der Waals surface area contributed by atoms with Crippen LogP contribution < -0.4 is 9.47 Å². The van der Waals surface area contributed by atoms with Crippen LogP contribution in [0.5, 0.6) is 11.5 Å². The monoisotopic (exact) mass is 1790 g/mol. The van der Waals surface area contributed by atoms with E-state index < -0.39 is 107 Å². The molecule has 23 nitrogen and oxygen atoms in total. The topological polar surface area (TPSA) is 399 Å². The van der Waals surface area contributed by atoms with Gasteiger partial charge in [0.25, 0.3) is 0 Å². The van der Waals surface area contributed by atoms with Gasteiger partial charge in [0, 0.05) is 47.3 Å². The van der Waals surface area contributed by atoms with Gasteiger partial charge < -0.3 is 29.9 Å². The second-order valence-electron chi connectivity index (χ2n) is 27.6. The Hall–Kier alpha value is -12.0. The lowest BCUT2D eigenvalue weighted by atomic mass is 10.0. The highest BCUT2D eigenvalue weighted by atomic mass is 32.2. The average molecular weight is 1800 g/mol. The summed E-state index contributed by atoms with van der Waals surface area (Å²) in [6, 6.07) is 53.2. The fourth-order valence-corrected chi connectivity index (χ4v) is 22.8. The van der Waals surface area contributed by atoms with Gasteiger partial charge in [0.1, 0.15) is 21.3 Å². The number of carboxylic acid groups (broad SMARTS) is 4. The van der Waals surface area contributed by atoms with Crippen molar-refractivity contribution in [2.45, 2.75) is 107 Å². The standard InChI is InChI=1S/C23H21NO6S2.C22H19NO4S2.C21H17F3O5S2.C21H17NO5S2/c1-31(27,28)18-8-10-19(21-4-2-3-11-24-21)17(12-18)14-32(29,30)22-13-16(23(25)26)7-9-20(22)15-5-6-15;1-3-16-6-7-17(22(24)25)11-21(16)29(26,27)13-18-10-15(12-23)5-8-19(18)20-9-4-14(2)28-20;1-12-3-8-18(30-12)16-6-5-15(21(22,23)24)9-14(16)11-31(27,28)19-10-13(20(25)26)4-7-17(19)29-2;1-13-3-8-19(28-13)17-6-4-14(11-22)9-16(17)12-29(25,26)20-10-15(21(23)24)5-7-18(20)27-2/h2-4,7-13,15H,5-6,14H2,1H3,(H,25,26);4-11H,3,13H2,1-2H3,(H,24,25);3-10H,11H2,1-2H3,(H,25,26);3-10H,12H2,1-2H3,(H,23,24). The summed E-state index contributed by atoms with van der Waals surface area (Å²) in [5, 5.41) is 55.5. The molecule has 4 aromatic heterocycles. The zero-order valence-electron chi connectivity index (χ0n) is 65.2. The summed E-state index contributed by atoms with van der Waals surface area (Å²) in [5.41, 5.74) is 4.42. The molecule has 0 radical (unpaired) electrons. The first kappa shape index (κ1) is 91.3. The van der Waals surface area contributed by atoms with E-state index in [2.05, 4.69) is 11.1 Å². The minimum Gasteiger partial charge on any atom is -0.495 e. The van der Waals surface area contributed by atoms with E-state index in [-0.39, 0.29) is 76.1 Å². The molecule has 1 fully saturated rings. The smallest absolute Gasteiger partial charge is 0.416 e. The third-order valence-electron chi connectivity index (χ3n) is 18.9. The Bertz CT molecular complexity index is 6550. The summed E-state index contributed by atoms with van der Waals surface area (Å²) in [6.07, 6.45) is 0.130. The first-order chi connectivity index (χ1) is 57.0. The summed E-state index contributed by atoms with van der Waals surface area (Å²) in [5.74, 6) is -6.85. The average Bonchev–Trinajstić information content (AvgIpc) is 1.70. The fourth-order valence-electron chi connectivity index (χ4n) is 12.8. The lowest BCUT2D eigenvalue weighted by Crippen LogP contribution is -2.11. The number of methoxy groups -OCH3 is 2. The van der Waals surface area contributed by atoms with E-state index in [9.17, 15) is 105 Å². The third-order valence-corrected chi connectivity index (χ3v) is 29.9. The Balaban J connectivity index is 0.000000169. The number of hydrogen-bond acceptors (Lipinski definition) is 22. The molecular formula is C87H74F3N3O20S8. The molecule has 13 rings (SSSR count). The van der Waals surface area contributed by atoms with Crippen LogP contribution in [0.25, 0.3) is 42.6 Å². The molecule has 4 N–H and O–H groups in total. The van der Waals surface area contributed by atoms with E-state index in [1.54, 1.807) is 102 Å². The number of pyridine rings is 1. The maximum Gasteiger partial charge on any atom is 0.416 e. The van der Waals surface area contributed by atoms with Crippen molar-refractivity contribution in [2.75, 3.05) is 20.5 Å². The number of halogens is 3. The maximum atomic E-state index is 13.5. The first-order valence-electron chi connectivity index (χ1n) is 36.2. The van der Waals surface area contributed by atoms with Crippen molar-refractivity contribution in [3.63, 3.8) is 0 Å². The molecule has 1 saturated carbocycles. The number of nitrogens with zero attached hydrogens (tertiary/aromatic N) is 3. The SMILES string of the molecule is CCc1ccc(C(=O)O)cc1S(=O)(=O)Cc1cc(C#N)ccc1-c1ccc(C)s1.COc1ccc(C(=O)O)cc1S(=O)(=O)Cc1cc(C#N)ccc1-c1ccc(C)s1.COc1ccc(C(=O)O)cc1S(=O)(=O)Cc1cc(C(F)(F)F)ccc1-c1ccc(C)s1.CS(=O)(=O)c1ccc(-c2ccccn2)c(CS(=O)(=O)c2cc(C(=O)O)ccc2C2CC2)c1. The molecular weight excluding hydrogens is 1720 g/mol. The maximum absolute atomic E-state index is 13.5. The second-order valence-corrected chi connectivity index (χ2v) is 41.3. The molecule has 1 aliphatic rings. The molecule has 34 heteroatoms. The predicted octanol–water partition coefficient (Wildman–Crippen LogP) is 18.2. The minimum atomic E-state index is -4.65. The molecule has 626 valence electrons. The number of alkyl halides is 3. The van der Waals surface area contributed by atoms with Crippen LogP contribution in [0.3, 0.4) is 0 Å². The zero-order valence-corrected chi connectivity index (χ0v) is 71.8. The number of carbonyl (C=O) groups is 4. The Kier molecular flexibility index (Phi) is 28.5. The number of thiophene rings is 3. The number of aryl methyl sites for hydroxylation is 4. The first-order valence-corrected chi connectivity index (χ1v) is 47.1. The number of benzene rings is 8. The van der Waals surface area contributed by atoms with E-state index in [0.29, 0.717) is 61.5 Å². The van der Waals surface area contributed by atoms with Crippen molar-refractivity contribution in [1.29, 1.82) is 10.5 Å². The van der Waals surface area contributed by atoms with Gasteiger partial charge in [0.15, 0.2) is 49.2 Å². The Morgan fingerprint density at radius 3 is 1.20 bits per heavy atom. The van der Waals surface area contributed by atoms with Crippen LogP contribution in [0.4, 0.5) is 13.2 Å². The number of nitriles is 2. The predicted molar refractivity (Wildman–Crippen MR) is 452 cm³/mol. The van der Waals surface area contributed by atoms with Gasteiger partial charge >= 0.3 is 30.1 Å². The van der Waals surface area contributed by atoms with Crippen LogP contribution in [0.1, 0.15) is 132 Å². The van der Waals surface area contributed by atoms with Crippen molar-refractivity contribution in [3.05, 3.63) is 293 Å². The molecule has 0 amide bonds. The lowest BCUT2D eigenvalue weighted by molar-refractivity contribution is -0.137. The number of hydrogen-bond donors (Lipinski definition) is 4. The fraction of sp³-hybridized carbons (Fsp3) is 0.184. The summed E-state index contributed by atoms with van der Waals surface area (Å²) in [7, 11) is -17.0. The molecule has 12 aromatic rings. The molecule has 0 bridgehead atoms. The highest BCUT2D eigenvalue weighted by Gasteiger charge is 2.35. The zero-order chi connectivity index (χ0) is 88.4. The number of aromatic nitrogens is 1. The van der Waals surface area contributed by atoms with Gasteiger partial charge in [-0.3, -0.25) is 4.98 Å². The molecule has 8 aromatic carbocycles. The van der Waals surface area contributed by atoms with Gasteiger partial charge in [-0.05, 0) is 254 Å². The number of aromatic carboxylic acids is 4. The molecule has 0 atom stereocenters. The van der Waals surface area contributed by atoms with Gasteiger partial charge in [0.2, 0.25) is 0 Å². The van der Waals surface area contributed by atoms with Crippen LogP contribution in [-0.4, -0.2) is 112 Å². The normalized spacial score (nSPS) is 12.2. The summed E-state index contributed by atoms with van der Waals surface area (Å²) < 4.78 is 181. The van der Waals surface area contributed by atoms with Gasteiger partial charge in [-0.2, -0.15) is 23.7 Å². The highest BCUT2D eigenvalue weighted by molar-refractivity contribution is 7.92. The molecule has 0 spiro atoms. The lowest BCUT2D eigenvalue weighted by Gasteiger charge is -2.15. The van der Waals surface area contributed by atoms with Crippen LogP contribution >= 0.6 is 34.0 Å². The highest BCUT2D eigenvalue weighted by Crippen LogP contribution is 2.45. The van der Waals surface area contributed by atoms with Crippen molar-refractivity contribution in [3.8, 4) is 66.2 Å². The summed E-state index contributed by atoms with van der Waals surface area (Å²) >= 11 is 4.40. The summed E-state index contributed by atoms with van der Waals surface area (Å²) in [6.45, 7) is 7.58. The number of rotatable bonds is 25. The van der Waals surface area contributed by atoms with Gasteiger partial charge in [0.05, 0.1) is 109 Å². The van der Waals surface area contributed by atoms with Crippen molar-refractivity contribution < 1.29 is 104 Å². The van der Waals surface area contributed by atoms with Gasteiger partial charge in [-0.15, -0.1) is 34.0 Å². The van der Waals surface area contributed by atoms with E-state index in [4.69, 9.17) is 9.47 Å². The second kappa shape index (κ2) is 37.7. The van der Waals surface area contributed by atoms with Crippen LogP contribution in [0.2, 0.25) is 0 Å². The molecule has 0 saturated heterocycles. The number of carboxylic acids is 4. The quantitative estimate of drug-likeness (QED) is 0.0413. The third kappa shape index (κ3) is 22.5. The van der Waals surface area contributed by atoms with E-state index in [0.717, 1.165) is 78.9 Å². The number of ether oxygens (including phenoxy) is 2. The van der Waals surface area contributed by atoms with Crippen LogP contribution in [0, 0.1) is 43.4 Å². The van der Waals surface area contributed by atoms with Crippen LogP contribution in [0.15, 0.2) is 231 Å². The molecule has 1 aliphatic carbocycles. The summed E-state index contributed by atoms with van der Waals surface area (Å²) in [4.78, 5) is 54.6. The minimum absolute atomic E-state index is 0.00378. The molecule has 4 heterocycles. The van der Waals surface area contributed by atoms with Gasteiger partial charge in [-0.25, -0.2) is 61.3 Å². The van der Waals surface area contributed by atoms with Crippen molar-refractivity contribution >= 4 is 107 Å². The Morgan fingerprint density at radius 1 is 0.446 bits per heavy atom. The van der Waals surface area contributed by atoms with E-state index in [1.165, 1.54) is 104 Å². The molecule has 121 heavy (non-hydrogen) atoms.